The van der Waals surface area contributed by atoms with E-state index in [1.165, 1.54) is 6.42 Å². The van der Waals surface area contributed by atoms with Crippen molar-refractivity contribution in [3.63, 3.8) is 0 Å². The molecule has 0 aliphatic carbocycles. The van der Waals surface area contributed by atoms with Crippen molar-refractivity contribution in [3.8, 4) is 0 Å². The van der Waals surface area contributed by atoms with E-state index in [0.717, 1.165) is 0 Å². The molecule has 0 fully saturated rings. The summed E-state index contributed by atoms with van der Waals surface area (Å²) in [6.07, 6.45) is 1.19. The molecule has 0 saturated carbocycles. The fraction of sp³-hybridized carbons (Fsp3) is 0.857. The van der Waals surface area contributed by atoms with Gasteiger partial charge in [0.25, 0.3) is 0 Å². The van der Waals surface area contributed by atoms with Crippen LogP contribution in [0.1, 0.15) is 13.3 Å². The minimum atomic E-state index is -0.806. The second kappa shape index (κ2) is 3.43. The molecular formula is C7H18NP. The molecule has 0 aliphatic heterocycles. The van der Waals surface area contributed by atoms with E-state index in [2.05, 4.69) is 44.8 Å². The van der Waals surface area contributed by atoms with Crippen LogP contribution in [0.5, 0.6) is 0 Å². The topological polar surface area (TPSA) is 3.24 Å². The molecule has 0 heterocycles. The van der Waals surface area contributed by atoms with Crippen LogP contribution in [-0.4, -0.2) is 37.9 Å². The number of hydrogen-bond acceptors (Lipinski definition) is 1. The van der Waals surface area contributed by atoms with Gasteiger partial charge < -0.3 is 0 Å². The van der Waals surface area contributed by atoms with E-state index in [-0.39, 0.29) is 0 Å². The molecule has 2 heteroatoms. The van der Waals surface area contributed by atoms with Crippen LogP contribution in [0.3, 0.4) is 0 Å². The van der Waals surface area contributed by atoms with E-state index >= 15 is 0 Å². The third kappa shape index (κ3) is 3.07. The monoisotopic (exact) mass is 147 g/mol. The highest BCUT2D eigenvalue weighted by Gasteiger charge is 2.02. The highest BCUT2D eigenvalue weighted by atomic mass is 31.2. The first kappa shape index (κ1) is 9.26. The zero-order chi connectivity index (χ0) is 7.49. The predicted octanol–water partition coefficient (Wildman–Crippen LogP) is 1.95. The van der Waals surface area contributed by atoms with Crippen molar-refractivity contribution in [1.82, 2.24) is 4.67 Å². The van der Waals surface area contributed by atoms with Gasteiger partial charge in [0.05, 0.1) is 0 Å². The molecule has 9 heavy (non-hydrogen) atoms. The van der Waals surface area contributed by atoms with Gasteiger partial charge in [0.1, 0.15) is 0 Å². The van der Waals surface area contributed by atoms with Crippen LogP contribution < -0.4 is 0 Å². The van der Waals surface area contributed by atoms with E-state index in [4.69, 9.17) is 0 Å². The molecule has 0 aromatic rings. The molecule has 0 atom stereocenters. The van der Waals surface area contributed by atoms with Gasteiger partial charge in [0.2, 0.25) is 0 Å². The SMILES string of the molecule is CCC=P(C)(C)N(C)C. The lowest BCUT2D eigenvalue weighted by Gasteiger charge is -2.23. The highest BCUT2D eigenvalue weighted by Crippen LogP contribution is 2.39. The minimum Gasteiger partial charge on any atom is -0.290 e. The molecule has 0 spiro atoms. The Morgan fingerprint density at radius 2 is 1.78 bits per heavy atom. The van der Waals surface area contributed by atoms with Crippen molar-refractivity contribution in [1.29, 1.82) is 0 Å². The molecule has 0 amide bonds. The summed E-state index contributed by atoms with van der Waals surface area (Å²) >= 11 is 0. The summed E-state index contributed by atoms with van der Waals surface area (Å²) in [6, 6.07) is 0. The van der Waals surface area contributed by atoms with Crippen LogP contribution >= 0.6 is 7.04 Å². The van der Waals surface area contributed by atoms with Gasteiger partial charge in [-0.05, 0) is 33.8 Å². The molecule has 0 aliphatic rings. The van der Waals surface area contributed by atoms with Gasteiger partial charge in [-0.1, -0.05) is 19.8 Å². The third-order valence-corrected chi connectivity index (χ3v) is 4.98. The Morgan fingerprint density at radius 3 is 1.89 bits per heavy atom. The largest absolute Gasteiger partial charge is 0.290 e. The Balaban J connectivity index is 4.18. The van der Waals surface area contributed by atoms with E-state index in [1.807, 2.05) is 0 Å². The van der Waals surface area contributed by atoms with Crippen LogP contribution in [0.25, 0.3) is 0 Å². The zero-order valence-electron chi connectivity index (χ0n) is 7.18. The van der Waals surface area contributed by atoms with Gasteiger partial charge in [-0.3, -0.25) is 4.67 Å². The van der Waals surface area contributed by atoms with Crippen molar-refractivity contribution in [2.75, 3.05) is 27.4 Å². The molecule has 0 radical (unpaired) electrons. The Morgan fingerprint density at radius 1 is 1.33 bits per heavy atom. The maximum absolute atomic E-state index is 2.42. The third-order valence-electron chi connectivity index (χ3n) is 1.66. The molecule has 0 rings (SSSR count). The summed E-state index contributed by atoms with van der Waals surface area (Å²) in [5, 5.41) is 0. The van der Waals surface area contributed by atoms with Gasteiger partial charge in [-0.15, -0.1) is 0 Å². The number of hydrogen-bond donors (Lipinski definition) is 0. The first-order chi connectivity index (χ1) is 4.00. The van der Waals surface area contributed by atoms with E-state index < -0.39 is 7.04 Å². The average molecular weight is 147 g/mol. The first-order valence-electron chi connectivity index (χ1n) is 3.36. The predicted molar refractivity (Wildman–Crippen MR) is 48.8 cm³/mol. The second-order valence-corrected chi connectivity index (χ2v) is 7.04. The van der Waals surface area contributed by atoms with E-state index in [9.17, 15) is 0 Å². The molecule has 0 aromatic heterocycles. The lowest BCUT2D eigenvalue weighted by atomic mass is 10.6. The second-order valence-electron chi connectivity index (χ2n) is 2.92. The highest BCUT2D eigenvalue weighted by molar-refractivity contribution is 7.71. The Bertz CT molecular complexity index is 121. The molecule has 0 aromatic carbocycles. The van der Waals surface area contributed by atoms with Crippen LogP contribution in [-0.2, 0) is 0 Å². The summed E-state index contributed by atoms with van der Waals surface area (Å²) in [7, 11) is 3.50. The average Bonchev–Trinajstić information content (AvgIpc) is 1.65. The molecule has 56 valence electrons. The van der Waals surface area contributed by atoms with Crippen LogP contribution in [0.15, 0.2) is 0 Å². The van der Waals surface area contributed by atoms with Crippen molar-refractivity contribution in [2.45, 2.75) is 13.3 Å². The lowest BCUT2D eigenvalue weighted by molar-refractivity contribution is 0.680. The van der Waals surface area contributed by atoms with Gasteiger partial charge in [-0.25, -0.2) is 0 Å². The quantitative estimate of drug-likeness (QED) is 0.540. The molecule has 0 N–H and O–H groups in total. The van der Waals surface area contributed by atoms with Crippen molar-refractivity contribution < 1.29 is 0 Å². The standard InChI is InChI=1S/C7H18NP/c1-6-7-9(4,5)8(2)3/h7H,6H2,1-5H3. The summed E-state index contributed by atoms with van der Waals surface area (Å²) < 4.78 is 2.33. The molecule has 0 bridgehead atoms. The maximum Gasteiger partial charge on any atom is -0.00981 e. The molecule has 0 unspecified atom stereocenters. The summed E-state index contributed by atoms with van der Waals surface area (Å²) in [6.45, 7) is 6.86. The van der Waals surface area contributed by atoms with Gasteiger partial charge in [-0.2, -0.15) is 0 Å². The summed E-state index contributed by atoms with van der Waals surface area (Å²) in [5.74, 6) is 2.42. The van der Waals surface area contributed by atoms with Gasteiger partial charge in [0, 0.05) is 0 Å². The fourth-order valence-corrected chi connectivity index (χ4v) is 1.83. The smallest absolute Gasteiger partial charge is 0.00981 e. The lowest BCUT2D eigenvalue weighted by Crippen LogP contribution is -2.07. The van der Waals surface area contributed by atoms with Crippen LogP contribution in [0, 0.1) is 0 Å². The van der Waals surface area contributed by atoms with Crippen molar-refractivity contribution in [3.05, 3.63) is 0 Å². The molecule has 0 saturated heterocycles. The van der Waals surface area contributed by atoms with E-state index in [0.29, 0.717) is 0 Å². The normalized spacial score (nSPS) is 12.2. The van der Waals surface area contributed by atoms with Crippen LogP contribution in [0.2, 0.25) is 0 Å². The summed E-state index contributed by atoms with van der Waals surface area (Å²) in [5.41, 5.74) is 0. The van der Waals surface area contributed by atoms with Crippen LogP contribution in [0.4, 0.5) is 0 Å². The molecular weight excluding hydrogens is 129 g/mol. The Labute approximate surface area is 59.1 Å². The van der Waals surface area contributed by atoms with Crippen molar-refractivity contribution in [2.24, 2.45) is 0 Å². The summed E-state index contributed by atoms with van der Waals surface area (Å²) in [4.78, 5) is 0. The number of rotatable bonds is 2. The maximum atomic E-state index is 2.42. The van der Waals surface area contributed by atoms with Gasteiger partial charge in [0.15, 0.2) is 0 Å². The molecule has 1 nitrogen and oxygen atoms in total. The number of nitrogens with zero attached hydrogens (tertiary/aromatic N) is 1. The van der Waals surface area contributed by atoms with Crippen molar-refractivity contribution >= 4 is 12.8 Å². The zero-order valence-corrected chi connectivity index (χ0v) is 8.07. The van der Waals surface area contributed by atoms with Gasteiger partial charge >= 0.3 is 0 Å². The fourth-order valence-electron chi connectivity index (χ4n) is 0.610. The van der Waals surface area contributed by atoms with E-state index in [1.54, 1.807) is 0 Å². The minimum absolute atomic E-state index is 0.806. The Kier molecular flexibility index (Phi) is 3.53. The Hall–Kier alpha value is 0.260. The first-order valence-corrected chi connectivity index (χ1v) is 6.07.